The molecule has 4 nitrogen and oxygen atoms in total. The Morgan fingerprint density at radius 3 is 3.00 bits per heavy atom. The van der Waals surface area contributed by atoms with Crippen LogP contribution in [0, 0.1) is 12.8 Å². The van der Waals surface area contributed by atoms with Crippen molar-refractivity contribution < 1.29 is 9.53 Å². The minimum absolute atomic E-state index is 0.175. The van der Waals surface area contributed by atoms with Crippen molar-refractivity contribution in [3.8, 4) is 0 Å². The van der Waals surface area contributed by atoms with E-state index in [0.29, 0.717) is 12.0 Å². The molecule has 2 aliphatic rings. The molecule has 1 heterocycles. The molecule has 1 aromatic rings. The summed E-state index contributed by atoms with van der Waals surface area (Å²) in [5, 5.41) is 3.24. The van der Waals surface area contributed by atoms with E-state index >= 15 is 0 Å². The highest BCUT2D eigenvalue weighted by Gasteiger charge is 2.45. The highest BCUT2D eigenvalue weighted by atomic mass is 16.5. The third-order valence-electron chi connectivity index (χ3n) is 4.95. The van der Waals surface area contributed by atoms with Crippen LogP contribution >= 0.6 is 0 Å². The monoisotopic (exact) mass is 302 g/mol. The Morgan fingerprint density at radius 1 is 1.41 bits per heavy atom. The van der Waals surface area contributed by atoms with E-state index < -0.39 is 0 Å². The Morgan fingerprint density at radius 2 is 2.23 bits per heavy atom. The summed E-state index contributed by atoms with van der Waals surface area (Å²) in [6.07, 6.45) is 2.05. The van der Waals surface area contributed by atoms with Crippen molar-refractivity contribution in [2.24, 2.45) is 5.92 Å². The number of carbonyl (C=O) groups is 1. The van der Waals surface area contributed by atoms with Crippen LogP contribution in [0.3, 0.4) is 0 Å². The van der Waals surface area contributed by atoms with Crippen LogP contribution in [0.5, 0.6) is 0 Å². The van der Waals surface area contributed by atoms with Gasteiger partial charge in [-0.2, -0.15) is 0 Å². The summed E-state index contributed by atoms with van der Waals surface area (Å²) in [6, 6.07) is 8.73. The van der Waals surface area contributed by atoms with Crippen LogP contribution in [0.4, 0.5) is 0 Å². The van der Waals surface area contributed by atoms with E-state index in [2.05, 4.69) is 41.4 Å². The number of hydrogen-bond acceptors (Lipinski definition) is 3. The first-order valence-electron chi connectivity index (χ1n) is 8.26. The lowest BCUT2D eigenvalue weighted by molar-refractivity contribution is -0.123. The van der Waals surface area contributed by atoms with Gasteiger partial charge in [-0.05, 0) is 36.8 Å². The summed E-state index contributed by atoms with van der Waals surface area (Å²) in [5.74, 6) is 0.841. The largest absolute Gasteiger partial charge is 0.383 e. The third kappa shape index (κ3) is 3.50. The van der Waals surface area contributed by atoms with Crippen molar-refractivity contribution in [1.82, 2.24) is 10.2 Å². The average molecular weight is 302 g/mol. The third-order valence-corrected chi connectivity index (χ3v) is 4.95. The van der Waals surface area contributed by atoms with Crippen molar-refractivity contribution in [1.29, 1.82) is 0 Å². The Hall–Kier alpha value is -1.39. The van der Waals surface area contributed by atoms with Crippen LogP contribution in [-0.2, 0) is 9.53 Å². The second kappa shape index (κ2) is 6.80. The number of amides is 1. The fourth-order valence-electron chi connectivity index (χ4n) is 3.51. The molecule has 120 valence electrons. The van der Waals surface area contributed by atoms with E-state index in [4.69, 9.17) is 4.74 Å². The van der Waals surface area contributed by atoms with Gasteiger partial charge in [0.1, 0.15) is 0 Å². The van der Waals surface area contributed by atoms with Gasteiger partial charge in [-0.3, -0.25) is 9.69 Å². The minimum Gasteiger partial charge on any atom is -0.383 e. The summed E-state index contributed by atoms with van der Waals surface area (Å²) in [4.78, 5) is 14.8. The highest BCUT2D eigenvalue weighted by Crippen LogP contribution is 2.48. The first-order valence-corrected chi connectivity index (χ1v) is 8.26. The molecule has 2 fully saturated rings. The summed E-state index contributed by atoms with van der Waals surface area (Å²) in [6.45, 7) is 5.86. The summed E-state index contributed by atoms with van der Waals surface area (Å²) in [7, 11) is 1.73. The first-order chi connectivity index (χ1) is 10.7. The molecule has 1 aromatic carbocycles. The molecule has 1 saturated carbocycles. The number of carbonyl (C=O) groups excluding carboxylic acids is 1. The predicted molar refractivity (Wildman–Crippen MR) is 86.9 cm³/mol. The number of aryl methyl sites for hydroxylation is 1. The molecule has 1 N–H and O–H groups in total. The number of methoxy groups -OCH3 is 1. The second-order valence-corrected chi connectivity index (χ2v) is 6.59. The maximum absolute atomic E-state index is 12.4. The van der Waals surface area contributed by atoms with Gasteiger partial charge in [-0.1, -0.05) is 24.3 Å². The average Bonchev–Trinajstić information content (AvgIpc) is 3.19. The van der Waals surface area contributed by atoms with Crippen molar-refractivity contribution in [3.05, 3.63) is 35.4 Å². The molecule has 1 saturated heterocycles. The zero-order chi connectivity index (χ0) is 15.5. The number of hydrogen-bond donors (Lipinski definition) is 1. The number of nitrogens with zero attached hydrogens (tertiary/aromatic N) is 1. The number of likely N-dealkylation sites (tertiary alicyclic amines) is 1. The normalized spacial score (nSPS) is 27.8. The summed E-state index contributed by atoms with van der Waals surface area (Å²) in [5.41, 5.74) is 2.64. The zero-order valence-corrected chi connectivity index (χ0v) is 13.5. The van der Waals surface area contributed by atoms with Gasteiger partial charge in [0.15, 0.2) is 0 Å². The van der Waals surface area contributed by atoms with Crippen molar-refractivity contribution in [2.75, 3.05) is 33.4 Å². The summed E-state index contributed by atoms with van der Waals surface area (Å²) < 4.78 is 5.11. The Balaban J connectivity index is 1.47. The topological polar surface area (TPSA) is 41.6 Å². The highest BCUT2D eigenvalue weighted by molar-refractivity contribution is 5.83. The van der Waals surface area contributed by atoms with Crippen molar-refractivity contribution in [3.63, 3.8) is 0 Å². The lowest BCUT2D eigenvalue weighted by atomic mass is 10.0. The summed E-state index contributed by atoms with van der Waals surface area (Å²) >= 11 is 0. The maximum Gasteiger partial charge on any atom is 0.224 e. The van der Waals surface area contributed by atoms with E-state index in [1.807, 2.05) is 0 Å². The van der Waals surface area contributed by atoms with Crippen molar-refractivity contribution in [2.45, 2.75) is 31.7 Å². The number of ether oxygens (including phenoxy) is 1. The van der Waals surface area contributed by atoms with E-state index in [9.17, 15) is 4.79 Å². The molecular formula is C18H26N2O2. The molecule has 0 unspecified atom stereocenters. The number of rotatable bonds is 6. The van der Waals surface area contributed by atoms with Crippen LogP contribution < -0.4 is 5.32 Å². The predicted octanol–water partition coefficient (Wildman–Crippen LogP) is 1.94. The molecule has 0 aromatic heterocycles. The fraction of sp³-hybridized carbons (Fsp3) is 0.611. The van der Waals surface area contributed by atoms with Gasteiger partial charge < -0.3 is 10.1 Å². The van der Waals surface area contributed by atoms with Gasteiger partial charge >= 0.3 is 0 Å². The van der Waals surface area contributed by atoms with Crippen LogP contribution in [0.1, 0.15) is 29.9 Å². The first kappa shape index (κ1) is 15.5. The molecule has 4 heteroatoms. The van der Waals surface area contributed by atoms with Crippen molar-refractivity contribution >= 4 is 5.91 Å². The van der Waals surface area contributed by atoms with Gasteiger partial charge in [0.05, 0.1) is 6.61 Å². The Bertz CT molecular complexity index is 532. The molecule has 0 bridgehead atoms. The van der Waals surface area contributed by atoms with E-state index in [1.165, 1.54) is 11.1 Å². The molecule has 0 spiro atoms. The molecule has 1 aliphatic carbocycles. The number of benzene rings is 1. The van der Waals surface area contributed by atoms with Gasteiger partial charge in [0, 0.05) is 38.7 Å². The van der Waals surface area contributed by atoms with Gasteiger partial charge in [0.2, 0.25) is 5.91 Å². The molecular weight excluding hydrogens is 276 g/mol. The van der Waals surface area contributed by atoms with Gasteiger partial charge in [-0.25, -0.2) is 0 Å². The van der Waals surface area contributed by atoms with E-state index in [1.54, 1.807) is 7.11 Å². The smallest absolute Gasteiger partial charge is 0.224 e. The van der Waals surface area contributed by atoms with Crippen LogP contribution in [0.2, 0.25) is 0 Å². The van der Waals surface area contributed by atoms with E-state index in [-0.39, 0.29) is 11.8 Å². The van der Waals surface area contributed by atoms with Crippen LogP contribution in [0.15, 0.2) is 24.3 Å². The van der Waals surface area contributed by atoms with Crippen LogP contribution in [-0.4, -0.2) is 50.2 Å². The van der Waals surface area contributed by atoms with Gasteiger partial charge in [0.25, 0.3) is 0 Å². The Kier molecular flexibility index (Phi) is 4.79. The standard InChI is InChI=1S/C18H26N2O2/c1-13-5-3-4-6-15(13)16-11-17(16)18(21)19-14-7-8-20(12-14)9-10-22-2/h3-6,14,16-17H,7-12H2,1-2H3,(H,19,21)/t14-,16-,17+/m0/s1. The molecule has 1 amide bonds. The quantitative estimate of drug-likeness (QED) is 0.873. The fourth-order valence-corrected chi connectivity index (χ4v) is 3.51. The molecule has 1 aliphatic heterocycles. The molecule has 3 atom stereocenters. The van der Waals surface area contributed by atoms with Gasteiger partial charge in [-0.15, -0.1) is 0 Å². The lowest BCUT2D eigenvalue weighted by Gasteiger charge is -2.16. The van der Waals surface area contributed by atoms with E-state index in [0.717, 1.165) is 39.1 Å². The zero-order valence-electron chi connectivity index (χ0n) is 13.5. The lowest BCUT2D eigenvalue weighted by Crippen LogP contribution is -2.38. The Labute approximate surface area is 132 Å². The SMILES string of the molecule is COCCN1CC[C@H](NC(=O)[C@@H]2C[C@H]2c2ccccc2C)C1. The maximum atomic E-state index is 12.4. The molecule has 3 rings (SSSR count). The van der Waals surface area contributed by atoms with Crippen LogP contribution in [0.25, 0.3) is 0 Å². The molecule has 22 heavy (non-hydrogen) atoms. The number of nitrogens with one attached hydrogen (secondary N) is 1. The second-order valence-electron chi connectivity index (χ2n) is 6.59. The molecule has 0 radical (unpaired) electrons. The minimum atomic E-state index is 0.175.